The molecular weight excluding hydrogens is 342 g/mol. The normalized spacial score (nSPS) is 27.0. The minimum Gasteiger partial charge on any atom is -0.346 e. The number of aromatic nitrogens is 2. The number of likely N-dealkylation sites (tertiary alicyclic amines) is 1. The topological polar surface area (TPSA) is 61.7 Å². The predicted octanol–water partition coefficient (Wildman–Crippen LogP) is 1.07. The van der Waals surface area contributed by atoms with Crippen LogP contribution in [0.2, 0.25) is 0 Å². The minimum atomic E-state index is -0.108. The molecule has 2 aliphatic heterocycles. The van der Waals surface area contributed by atoms with E-state index in [1.54, 1.807) is 0 Å². The number of nitrogens with zero attached hydrogens (tertiary/aromatic N) is 5. The van der Waals surface area contributed by atoms with Crippen molar-refractivity contribution < 1.29 is 9.59 Å². The molecule has 1 atom stereocenters. The van der Waals surface area contributed by atoms with Gasteiger partial charge in [-0.15, -0.1) is 0 Å². The maximum atomic E-state index is 13.4. The van der Waals surface area contributed by atoms with Gasteiger partial charge in [0.15, 0.2) is 5.69 Å². The summed E-state index contributed by atoms with van der Waals surface area (Å²) in [5.74, 6) is 0.285. The van der Waals surface area contributed by atoms with Crippen LogP contribution in [-0.2, 0) is 24.7 Å². The molecule has 2 saturated heterocycles. The average molecular weight is 374 g/mol. The summed E-state index contributed by atoms with van der Waals surface area (Å²) in [7, 11) is 5.98. The molecule has 1 spiro atoms. The van der Waals surface area contributed by atoms with Gasteiger partial charge in [0, 0.05) is 63.5 Å². The summed E-state index contributed by atoms with van der Waals surface area (Å²) in [6.07, 6.45) is 6.59. The Bertz CT molecular complexity index is 758. The van der Waals surface area contributed by atoms with Crippen LogP contribution >= 0.6 is 0 Å². The summed E-state index contributed by atoms with van der Waals surface area (Å²) in [5.41, 5.74) is 2.95. The molecule has 4 rings (SSSR count). The van der Waals surface area contributed by atoms with Crippen molar-refractivity contribution in [3.8, 4) is 0 Å². The first-order valence-electron chi connectivity index (χ1n) is 10.2. The third-order valence-corrected chi connectivity index (χ3v) is 7.00. The Morgan fingerprint density at radius 3 is 2.59 bits per heavy atom. The molecule has 148 valence electrons. The van der Waals surface area contributed by atoms with Gasteiger partial charge in [-0.2, -0.15) is 5.10 Å². The summed E-state index contributed by atoms with van der Waals surface area (Å²) in [5, 5.41) is 4.61. The van der Waals surface area contributed by atoms with Crippen LogP contribution in [0.4, 0.5) is 0 Å². The number of hydrogen-bond donors (Lipinski definition) is 0. The Labute approximate surface area is 161 Å². The summed E-state index contributed by atoms with van der Waals surface area (Å²) in [6.45, 7) is 3.02. The Hall–Kier alpha value is -1.89. The van der Waals surface area contributed by atoms with Gasteiger partial charge in [0.1, 0.15) is 0 Å². The first-order chi connectivity index (χ1) is 12.9. The molecule has 2 fully saturated rings. The second-order valence-electron chi connectivity index (χ2n) is 8.54. The second-order valence-corrected chi connectivity index (χ2v) is 8.54. The fourth-order valence-electron chi connectivity index (χ4n) is 5.03. The molecule has 1 aromatic rings. The second kappa shape index (κ2) is 6.93. The lowest BCUT2D eigenvalue weighted by atomic mass is 9.86. The molecule has 2 amide bonds. The number of aryl methyl sites for hydroxylation is 1. The van der Waals surface area contributed by atoms with Gasteiger partial charge in [0.2, 0.25) is 5.91 Å². The lowest BCUT2D eigenvalue weighted by Crippen LogP contribution is -2.62. The van der Waals surface area contributed by atoms with Gasteiger partial charge >= 0.3 is 0 Å². The number of likely N-dealkylation sites (N-methyl/N-ethyl adjacent to an activating group) is 1. The van der Waals surface area contributed by atoms with Crippen LogP contribution in [0.1, 0.15) is 53.8 Å². The van der Waals surface area contributed by atoms with Gasteiger partial charge in [-0.05, 0) is 45.6 Å². The molecule has 3 heterocycles. The predicted molar refractivity (Wildman–Crippen MR) is 103 cm³/mol. The number of amides is 2. The Balaban J connectivity index is 1.58. The van der Waals surface area contributed by atoms with Crippen LogP contribution in [0.25, 0.3) is 0 Å². The lowest BCUT2D eigenvalue weighted by molar-refractivity contribution is -0.129. The van der Waals surface area contributed by atoms with Gasteiger partial charge in [-0.3, -0.25) is 19.2 Å². The van der Waals surface area contributed by atoms with E-state index in [0.717, 1.165) is 57.3 Å². The van der Waals surface area contributed by atoms with Crippen LogP contribution < -0.4 is 0 Å². The van der Waals surface area contributed by atoms with Crippen molar-refractivity contribution in [2.45, 2.75) is 50.5 Å². The van der Waals surface area contributed by atoms with E-state index in [2.05, 4.69) is 17.0 Å². The minimum absolute atomic E-state index is 0.0742. The molecule has 1 aromatic heterocycles. The van der Waals surface area contributed by atoms with Crippen molar-refractivity contribution in [1.29, 1.82) is 0 Å². The lowest BCUT2D eigenvalue weighted by Gasteiger charge is -2.49. The molecule has 7 heteroatoms. The zero-order chi connectivity index (χ0) is 19.2. The standard InChI is InChI=1S/C20H31N5O2/c1-22-11-10-20(9-8-17(22)26)14-25(13-12-23(20)2)19(27)18-15-6-4-5-7-16(15)24(3)21-18/h4-14H2,1-3H3. The molecule has 0 bridgehead atoms. The van der Waals surface area contributed by atoms with Crippen LogP contribution in [0.5, 0.6) is 0 Å². The Morgan fingerprint density at radius 2 is 1.78 bits per heavy atom. The first-order valence-corrected chi connectivity index (χ1v) is 10.2. The van der Waals surface area contributed by atoms with E-state index < -0.39 is 0 Å². The van der Waals surface area contributed by atoms with Crippen LogP contribution in [0, 0.1) is 0 Å². The smallest absolute Gasteiger partial charge is 0.274 e. The number of carbonyl (C=O) groups is 2. The number of hydrogen-bond acceptors (Lipinski definition) is 4. The first kappa shape index (κ1) is 18.5. The highest BCUT2D eigenvalue weighted by Crippen LogP contribution is 2.33. The zero-order valence-electron chi connectivity index (χ0n) is 16.8. The molecule has 7 nitrogen and oxygen atoms in total. The van der Waals surface area contributed by atoms with Crippen molar-refractivity contribution in [1.82, 2.24) is 24.5 Å². The molecule has 0 aromatic carbocycles. The fourth-order valence-corrected chi connectivity index (χ4v) is 5.03. The molecule has 1 unspecified atom stereocenters. The summed E-state index contributed by atoms with van der Waals surface area (Å²) >= 11 is 0. The summed E-state index contributed by atoms with van der Waals surface area (Å²) < 4.78 is 1.91. The Morgan fingerprint density at radius 1 is 1.00 bits per heavy atom. The number of fused-ring (bicyclic) bond motifs is 1. The molecular formula is C20H31N5O2. The average Bonchev–Trinajstić information content (AvgIpc) is 2.95. The van der Waals surface area contributed by atoms with E-state index in [1.165, 1.54) is 12.1 Å². The highest BCUT2D eigenvalue weighted by Gasteiger charge is 2.43. The third-order valence-electron chi connectivity index (χ3n) is 7.00. The fraction of sp³-hybridized carbons (Fsp3) is 0.750. The molecule has 1 aliphatic carbocycles. The van der Waals surface area contributed by atoms with Gasteiger partial charge in [-0.25, -0.2) is 0 Å². The van der Waals surface area contributed by atoms with E-state index >= 15 is 0 Å². The van der Waals surface area contributed by atoms with Crippen molar-refractivity contribution >= 4 is 11.8 Å². The highest BCUT2D eigenvalue weighted by atomic mass is 16.2. The molecule has 0 radical (unpaired) electrons. The van der Waals surface area contributed by atoms with Crippen LogP contribution in [0.15, 0.2) is 0 Å². The van der Waals surface area contributed by atoms with Crippen molar-refractivity contribution in [2.24, 2.45) is 7.05 Å². The maximum Gasteiger partial charge on any atom is 0.274 e. The maximum absolute atomic E-state index is 13.4. The Kier molecular flexibility index (Phi) is 4.74. The molecule has 3 aliphatic rings. The van der Waals surface area contributed by atoms with E-state index in [0.29, 0.717) is 18.7 Å². The molecule has 0 saturated carbocycles. The van der Waals surface area contributed by atoms with Crippen molar-refractivity contribution in [2.75, 3.05) is 40.3 Å². The number of carbonyl (C=O) groups excluding carboxylic acids is 2. The monoisotopic (exact) mass is 373 g/mol. The van der Waals surface area contributed by atoms with Gasteiger partial charge in [-0.1, -0.05) is 0 Å². The largest absolute Gasteiger partial charge is 0.346 e. The van der Waals surface area contributed by atoms with E-state index in [9.17, 15) is 9.59 Å². The highest BCUT2D eigenvalue weighted by molar-refractivity contribution is 5.94. The molecule has 0 N–H and O–H groups in total. The quantitative estimate of drug-likeness (QED) is 0.739. The number of rotatable bonds is 1. The van der Waals surface area contributed by atoms with Gasteiger partial charge in [0.05, 0.1) is 0 Å². The van der Waals surface area contributed by atoms with E-state index in [4.69, 9.17) is 0 Å². The van der Waals surface area contributed by atoms with E-state index in [1.807, 2.05) is 28.6 Å². The van der Waals surface area contributed by atoms with Crippen molar-refractivity contribution in [3.05, 3.63) is 17.0 Å². The zero-order valence-corrected chi connectivity index (χ0v) is 16.8. The van der Waals surface area contributed by atoms with Gasteiger partial charge < -0.3 is 9.80 Å². The van der Waals surface area contributed by atoms with E-state index in [-0.39, 0.29) is 17.4 Å². The van der Waals surface area contributed by atoms with Gasteiger partial charge in [0.25, 0.3) is 5.91 Å². The molecule has 27 heavy (non-hydrogen) atoms. The van der Waals surface area contributed by atoms with Crippen molar-refractivity contribution in [3.63, 3.8) is 0 Å². The summed E-state index contributed by atoms with van der Waals surface area (Å²) in [6, 6.07) is 0. The number of piperazine rings is 1. The SMILES string of the molecule is CN1CCC2(CCC1=O)CN(C(=O)c1nn(C)c3c1CCCC3)CCN2C. The van der Waals surface area contributed by atoms with Crippen LogP contribution in [0.3, 0.4) is 0 Å². The summed E-state index contributed by atoms with van der Waals surface area (Å²) in [4.78, 5) is 31.7. The third kappa shape index (κ3) is 3.16. The van der Waals surface area contributed by atoms with Crippen LogP contribution in [-0.4, -0.2) is 82.1 Å².